The minimum atomic E-state index is -0.457. The number of rotatable bonds is 5. The molecule has 3 rings (SSSR count). The third-order valence-corrected chi connectivity index (χ3v) is 3.38. The number of amides is 1. The Morgan fingerprint density at radius 3 is 2.54 bits per heavy atom. The summed E-state index contributed by atoms with van der Waals surface area (Å²) in [7, 11) is 0. The lowest BCUT2D eigenvalue weighted by Gasteiger charge is -2.14. The zero-order chi connectivity index (χ0) is 16.9. The van der Waals surface area contributed by atoms with Gasteiger partial charge in [0.1, 0.15) is 11.5 Å². The molecule has 0 saturated carbocycles. The molecule has 0 aliphatic carbocycles. The average molecular weight is 324 g/mol. The van der Waals surface area contributed by atoms with E-state index in [1.54, 1.807) is 31.2 Å². The number of ether oxygens (including phenoxy) is 1. The molecule has 0 radical (unpaired) electrons. The summed E-state index contributed by atoms with van der Waals surface area (Å²) in [6.07, 6.45) is 0. The van der Waals surface area contributed by atoms with Crippen LogP contribution in [0.4, 0.5) is 0 Å². The Labute approximate surface area is 137 Å². The van der Waals surface area contributed by atoms with Crippen LogP contribution in [0.15, 0.2) is 59.4 Å². The van der Waals surface area contributed by atoms with Crippen LogP contribution in [0.1, 0.15) is 29.1 Å². The smallest absolute Gasteiger partial charge is 0.340 e. The second-order valence-corrected chi connectivity index (χ2v) is 5.17. The lowest BCUT2D eigenvalue weighted by Crippen LogP contribution is -2.28. The molecule has 0 saturated heterocycles. The summed E-state index contributed by atoms with van der Waals surface area (Å²) in [6.45, 7) is 1.73. The molecule has 0 unspecified atom stereocenters. The first kappa shape index (κ1) is 15.5. The Bertz CT molecular complexity index is 886. The molecule has 1 atom stereocenters. The monoisotopic (exact) mass is 324 g/mol. The van der Waals surface area contributed by atoms with Crippen LogP contribution in [-0.2, 0) is 0 Å². The normalized spacial score (nSPS) is 11.7. The fourth-order valence-electron chi connectivity index (χ4n) is 2.19. The van der Waals surface area contributed by atoms with Crippen molar-refractivity contribution >= 4 is 5.91 Å². The Kier molecular flexibility index (Phi) is 4.42. The van der Waals surface area contributed by atoms with Gasteiger partial charge in [0, 0.05) is 0 Å². The minimum Gasteiger partial charge on any atom is -0.457 e. The Morgan fingerprint density at radius 2 is 1.83 bits per heavy atom. The van der Waals surface area contributed by atoms with Crippen LogP contribution < -0.4 is 15.7 Å². The fourth-order valence-corrected chi connectivity index (χ4v) is 2.19. The van der Waals surface area contributed by atoms with E-state index in [9.17, 15) is 9.59 Å². The van der Waals surface area contributed by atoms with Crippen molar-refractivity contribution in [3.8, 4) is 11.5 Å². The molecule has 3 aromatic rings. The molecule has 7 nitrogen and oxygen atoms in total. The van der Waals surface area contributed by atoms with Gasteiger partial charge in [-0.3, -0.25) is 9.78 Å². The minimum absolute atomic E-state index is 0.321. The molecule has 24 heavy (non-hydrogen) atoms. The molecular formula is C17H16N4O3. The molecule has 0 fully saturated rings. The van der Waals surface area contributed by atoms with Gasteiger partial charge in [0.15, 0.2) is 5.82 Å². The summed E-state index contributed by atoms with van der Waals surface area (Å²) >= 11 is 0. The van der Waals surface area contributed by atoms with Crippen molar-refractivity contribution in [1.82, 2.24) is 20.5 Å². The standard InChI is InChI=1S/C17H16N4O3/c1-11(15-19-17(23)21-20-15)18-16(22)13-9-5-6-10-14(13)24-12-7-3-2-4-8-12/h2-11H,1H3,(H,18,22)(H2,19,20,21,23)/t11-/m1/s1. The molecule has 7 heteroatoms. The summed E-state index contributed by atoms with van der Waals surface area (Å²) in [5, 5.41) is 8.86. The first-order valence-corrected chi connectivity index (χ1v) is 7.41. The number of nitrogens with one attached hydrogen (secondary N) is 3. The SMILES string of the molecule is C[C@@H](NC(=O)c1ccccc1Oc1ccccc1)c1n[nH]c(=O)[nH]1. The molecule has 2 aromatic carbocycles. The zero-order valence-corrected chi connectivity index (χ0v) is 12.9. The maximum absolute atomic E-state index is 12.5. The molecule has 1 aromatic heterocycles. The van der Waals surface area contributed by atoms with Gasteiger partial charge in [-0.25, -0.2) is 9.89 Å². The molecule has 3 N–H and O–H groups in total. The number of aromatic nitrogens is 3. The van der Waals surface area contributed by atoms with Gasteiger partial charge in [-0.15, -0.1) is 0 Å². The van der Waals surface area contributed by atoms with Gasteiger partial charge in [-0.2, -0.15) is 5.10 Å². The molecule has 0 aliphatic rings. The van der Waals surface area contributed by atoms with Crippen LogP contribution in [0.3, 0.4) is 0 Å². The summed E-state index contributed by atoms with van der Waals surface area (Å²) in [5.74, 6) is 1.12. The van der Waals surface area contributed by atoms with Crippen LogP contribution in [-0.4, -0.2) is 21.1 Å². The molecular weight excluding hydrogens is 308 g/mol. The molecule has 1 amide bonds. The lowest BCUT2D eigenvalue weighted by atomic mass is 10.1. The van der Waals surface area contributed by atoms with E-state index in [0.29, 0.717) is 22.9 Å². The van der Waals surface area contributed by atoms with Crippen LogP contribution in [0.2, 0.25) is 0 Å². The van der Waals surface area contributed by atoms with Gasteiger partial charge in [0.2, 0.25) is 0 Å². The number of aromatic amines is 2. The van der Waals surface area contributed by atoms with E-state index in [1.807, 2.05) is 30.3 Å². The van der Waals surface area contributed by atoms with E-state index in [4.69, 9.17) is 4.74 Å². The molecule has 0 aliphatic heterocycles. The van der Waals surface area contributed by atoms with Crippen molar-refractivity contribution in [3.05, 3.63) is 76.5 Å². The second kappa shape index (κ2) is 6.82. The maximum atomic E-state index is 12.5. The first-order valence-electron chi connectivity index (χ1n) is 7.41. The lowest BCUT2D eigenvalue weighted by molar-refractivity contribution is 0.0936. The van der Waals surface area contributed by atoms with E-state index in [0.717, 1.165) is 0 Å². The van der Waals surface area contributed by atoms with Gasteiger partial charge in [-0.05, 0) is 31.2 Å². The fraction of sp³-hybridized carbons (Fsp3) is 0.118. The van der Waals surface area contributed by atoms with Gasteiger partial charge in [0.05, 0.1) is 11.6 Å². The van der Waals surface area contributed by atoms with E-state index in [2.05, 4.69) is 20.5 Å². The van der Waals surface area contributed by atoms with Crippen molar-refractivity contribution in [3.63, 3.8) is 0 Å². The quantitative estimate of drug-likeness (QED) is 0.671. The first-order chi connectivity index (χ1) is 11.6. The third kappa shape index (κ3) is 3.52. The molecule has 122 valence electrons. The van der Waals surface area contributed by atoms with E-state index >= 15 is 0 Å². The van der Waals surface area contributed by atoms with Crippen molar-refractivity contribution < 1.29 is 9.53 Å². The van der Waals surface area contributed by atoms with Crippen LogP contribution in [0, 0.1) is 0 Å². The number of para-hydroxylation sites is 2. The molecule has 1 heterocycles. The number of hydrogen-bond donors (Lipinski definition) is 3. The highest BCUT2D eigenvalue weighted by Crippen LogP contribution is 2.25. The van der Waals surface area contributed by atoms with Crippen molar-refractivity contribution in [2.75, 3.05) is 0 Å². The van der Waals surface area contributed by atoms with Crippen molar-refractivity contribution in [2.24, 2.45) is 0 Å². The van der Waals surface area contributed by atoms with Gasteiger partial charge in [-0.1, -0.05) is 30.3 Å². The molecule has 0 bridgehead atoms. The van der Waals surface area contributed by atoms with Crippen molar-refractivity contribution in [2.45, 2.75) is 13.0 Å². The van der Waals surface area contributed by atoms with Crippen LogP contribution in [0.25, 0.3) is 0 Å². The highest BCUT2D eigenvalue weighted by molar-refractivity contribution is 5.97. The van der Waals surface area contributed by atoms with Crippen molar-refractivity contribution in [1.29, 1.82) is 0 Å². The summed E-state index contributed by atoms with van der Waals surface area (Å²) in [5.41, 5.74) is -0.0232. The largest absolute Gasteiger partial charge is 0.457 e. The Balaban J connectivity index is 1.78. The van der Waals surface area contributed by atoms with Crippen LogP contribution in [0.5, 0.6) is 11.5 Å². The summed E-state index contributed by atoms with van der Waals surface area (Å²) in [6, 6.07) is 15.7. The number of benzene rings is 2. The second-order valence-electron chi connectivity index (χ2n) is 5.17. The van der Waals surface area contributed by atoms with Gasteiger partial charge < -0.3 is 10.1 Å². The van der Waals surface area contributed by atoms with E-state index in [1.165, 1.54) is 0 Å². The predicted molar refractivity (Wildman–Crippen MR) is 88.0 cm³/mol. The third-order valence-electron chi connectivity index (χ3n) is 3.38. The van der Waals surface area contributed by atoms with Gasteiger partial charge in [0.25, 0.3) is 5.91 Å². The number of H-pyrrole nitrogens is 2. The maximum Gasteiger partial charge on any atom is 0.340 e. The van der Waals surface area contributed by atoms with E-state index < -0.39 is 11.7 Å². The highest BCUT2D eigenvalue weighted by Gasteiger charge is 2.17. The van der Waals surface area contributed by atoms with Crippen LogP contribution >= 0.6 is 0 Å². The Hall–Kier alpha value is -3.35. The van der Waals surface area contributed by atoms with Gasteiger partial charge >= 0.3 is 5.69 Å². The topological polar surface area (TPSA) is 99.9 Å². The number of carbonyl (C=O) groups is 1. The Morgan fingerprint density at radius 1 is 1.12 bits per heavy atom. The number of carbonyl (C=O) groups excluding carboxylic acids is 1. The summed E-state index contributed by atoms with van der Waals surface area (Å²) in [4.78, 5) is 26.1. The highest BCUT2D eigenvalue weighted by atomic mass is 16.5. The molecule has 0 spiro atoms. The van der Waals surface area contributed by atoms with E-state index in [-0.39, 0.29) is 5.91 Å². The average Bonchev–Trinajstić information content (AvgIpc) is 3.03. The predicted octanol–water partition coefficient (Wildman–Crippen LogP) is 2.38. The number of nitrogens with zero attached hydrogens (tertiary/aromatic N) is 1. The zero-order valence-electron chi connectivity index (χ0n) is 12.9. The summed E-state index contributed by atoms with van der Waals surface area (Å²) < 4.78 is 5.78. The number of hydrogen-bond acceptors (Lipinski definition) is 4.